The quantitative estimate of drug-likeness (QED) is 0.306. The van der Waals surface area contributed by atoms with Crippen LogP contribution in [0.4, 0.5) is 0 Å². The average Bonchev–Trinajstić information content (AvgIpc) is 0.722. The van der Waals surface area contributed by atoms with Gasteiger partial charge in [-0.2, -0.15) is 7.82 Å². The first-order valence-electron chi connectivity index (χ1n) is 0.730. The number of rotatable bonds is 0. The molecule has 0 aromatic heterocycles. The molecule has 0 fully saturated rings. The van der Waals surface area contributed by atoms with Crippen molar-refractivity contribution in [3.05, 3.63) is 0 Å². The van der Waals surface area contributed by atoms with Gasteiger partial charge in [0.2, 0.25) is 0 Å². The zero-order valence-corrected chi connectivity index (χ0v) is 13.8. The Bertz CT molecular complexity index is 62.2. The molecule has 0 spiro atoms. The molecule has 0 saturated heterocycles. The summed E-state index contributed by atoms with van der Waals surface area (Å²) < 4.78 is 8.55. The molecule has 0 aliphatic heterocycles. The van der Waals surface area contributed by atoms with Gasteiger partial charge in [-0.25, -0.2) is 0 Å². The Morgan fingerprint density at radius 3 is 1.12 bits per heavy atom. The van der Waals surface area contributed by atoms with Crippen molar-refractivity contribution in [1.29, 1.82) is 0 Å². The summed E-state index contributed by atoms with van der Waals surface area (Å²) in [7, 11) is -5.39. The normalized spacial score (nSPS) is 7.38. The molecular weight excluding hydrogens is 387 g/mol. The van der Waals surface area contributed by atoms with Crippen LogP contribution in [0.15, 0.2) is 0 Å². The van der Waals surface area contributed by atoms with E-state index in [-0.39, 0.29) is 97.4 Å². The second kappa shape index (κ2) is 10.3. The van der Waals surface area contributed by atoms with Gasteiger partial charge in [-0.15, -0.1) is 0 Å². The van der Waals surface area contributed by atoms with E-state index < -0.39 is 7.82 Å². The first-order valence-corrected chi connectivity index (χ1v) is 2.19. The first kappa shape index (κ1) is 22.5. The topological polar surface area (TPSA) is 86.2 Å². The van der Waals surface area contributed by atoms with Gasteiger partial charge in [0, 0.05) is 22.4 Å². The van der Waals surface area contributed by atoms with Crippen LogP contribution in [0.25, 0.3) is 0 Å². The third kappa shape index (κ3) is 58.4. The van der Waals surface area contributed by atoms with E-state index in [0.717, 1.165) is 0 Å². The molecule has 0 saturated carbocycles. The third-order valence-corrected chi connectivity index (χ3v) is 0. The fourth-order valence-corrected chi connectivity index (χ4v) is 0. The minimum absolute atomic E-state index is 0. The summed E-state index contributed by atoms with van der Waals surface area (Å²) in [6, 6.07) is 0. The van der Waals surface area contributed by atoms with Gasteiger partial charge in [0.15, 0.2) is 0 Å². The van der Waals surface area contributed by atoms with Crippen LogP contribution in [0.3, 0.4) is 0 Å². The van der Waals surface area contributed by atoms with E-state index in [9.17, 15) is 0 Å². The van der Waals surface area contributed by atoms with E-state index in [1.54, 1.807) is 0 Å². The molecule has 0 aliphatic rings. The van der Waals surface area contributed by atoms with Crippen LogP contribution in [-0.4, -0.2) is 45.5 Å². The summed E-state index contributed by atoms with van der Waals surface area (Å²) >= 11 is 0. The van der Waals surface area contributed by atoms with Gasteiger partial charge >= 0.3 is 75.0 Å². The van der Waals surface area contributed by atoms with Gasteiger partial charge in [0.1, 0.15) is 0 Å². The molecule has 0 rings (SSSR count). The molecule has 0 aromatic carbocycles. The molecule has 0 N–H and O–H groups in total. The van der Waals surface area contributed by atoms with Crippen molar-refractivity contribution in [2.24, 2.45) is 0 Å². The third-order valence-electron chi connectivity index (χ3n) is 0. The zero-order chi connectivity index (χ0) is 4.50. The Morgan fingerprint density at radius 1 is 1.12 bits per heavy atom. The standard InChI is InChI=1S/Na.H3O4P.Sr.Ta/c;1-5(2,3)4;;/h;(H3,1,2,3,4);;/q+1;;+2;/p-3. The maximum absolute atomic E-state index is 8.55. The van der Waals surface area contributed by atoms with Gasteiger partial charge < -0.3 is 19.2 Å². The molecule has 0 bridgehead atoms. The van der Waals surface area contributed by atoms with Crippen LogP contribution in [-0.2, 0) is 26.9 Å². The Balaban J connectivity index is -0.0000000267. The number of hydrogen-bond acceptors (Lipinski definition) is 4. The van der Waals surface area contributed by atoms with Crippen LogP contribution in [0, 0.1) is 0 Å². The van der Waals surface area contributed by atoms with Crippen molar-refractivity contribution < 1.29 is 71.2 Å². The van der Waals surface area contributed by atoms with Crippen LogP contribution in [0.1, 0.15) is 0 Å². The van der Waals surface area contributed by atoms with E-state index in [1.165, 1.54) is 0 Å². The Hall–Kier alpha value is 3.33. The van der Waals surface area contributed by atoms with Crippen molar-refractivity contribution in [2.45, 2.75) is 0 Å². The van der Waals surface area contributed by atoms with Gasteiger partial charge in [-0.1, -0.05) is 0 Å². The molecule has 4 nitrogen and oxygen atoms in total. The average molecular weight is 387 g/mol. The van der Waals surface area contributed by atoms with Crippen molar-refractivity contribution in [3.63, 3.8) is 0 Å². The Labute approximate surface area is 122 Å². The fraction of sp³-hybridized carbons (Fsp3) is 0. The SMILES string of the molecule is O=P([O-])([O-])[O-].[Na+].[Sr+2].[Ta]. The summed E-state index contributed by atoms with van der Waals surface area (Å²) in [6.07, 6.45) is 0. The van der Waals surface area contributed by atoms with Crippen molar-refractivity contribution in [3.8, 4) is 0 Å². The van der Waals surface area contributed by atoms with E-state index in [4.69, 9.17) is 19.2 Å². The first-order chi connectivity index (χ1) is 2.00. The molecule has 0 atom stereocenters. The van der Waals surface area contributed by atoms with E-state index >= 15 is 0 Å². The van der Waals surface area contributed by atoms with Gasteiger partial charge in [-0.05, 0) is 0 Å². The second-order valence-corrected chi connectivity index (χ2v) is 1.34. The largest absolute Gasteiger partial charge is 2.00 e. The smallest absolute Gasteiger partial charge is 0.822 e. The molecule has 0 unspecified atom stereocenters. The number of hydrogen-bond donors (Lipinski definition) is 0. The maximum atomic E-state index is 8.55. The maximum Gasteiger partial charge on any atom is 2.00 e. The van der Waals surface area contributed by atoms with Crippen LogP contribution in [0.2, 0.25) is 0 Å². The monoisotopic (exact) mass is 387 g/mol. The van der Waals surface area contributed by atoms with E-state index in [1.807, 2.05) is 0 Å². The van der Waals surface area contributed by atoms with Gasteiger partial charge in [0.25, 0.3) is 0 Å². The predicted octanol–water partition coefficient (Wildman–Crippen LogP) is -6.20. The molecular formula is NaO4PSrTa. The molecule has 0 aromatic rings. The minimum Gasteiger partial charge on any atom is -0.822 e. The van der Waals surface area contributed by atoms with Crippen molar-refractivity contribution >= 4 is 53.3 Å². The van der Waals surface area contributed by atoms with Crippen LogP contribution >= 0.6 is 7.82 Å². The van der Waals surface area contributed by atoms with Gasteiger partial charge in [0.05, 0.1) is 0 Å². The summed E-state index contributed by atoms with van der Waals surface area (Å²) in [5.74, 6) is 0. The molecule has 37 valence electrons. The van der Waals surface area contributed by atoms with E-state index in [2.05, 4.69) is 0 Å². The summed E-state index contributed by atoms with van der Waals surface area (Å²) in [4.78, 5) is 25.6. The summed E-state index contributed by atoms with van der Waals surface area (Å²) in [5.41, 5.74) is 0. The van der Waals surface area contributed by atoms with E-state index in [0.29, 0.717) is 0 Å². The molecule has 0 heterocycles. The number of phosphoric acid groups is 1. The zero-order valence-electron chi connectivity index (χ0n) is 4.23. The van der Waals surface area contributed by atoms with Crippen molar-refractivity contribution in [1.82, 2.24) is 0 Å². The second-order valence-electron chi connectivity index (χ2n) is 0.447. The summed E-state index contributed by atoms with van der Waals surface area (Å²) in [5, 5.41) is 0. The van der Waals surface area contributed by atoms with Gasteiger partial charge in [-0.3, -0.25) is 0 Å². The Kier molecular flexibility index (Phi) is 29.1. The van der Waals surface area contributed by atoms with Crippen molar-refractivity contribution in [2.75, 3.05) is 0 Å². The molecule has 0 aliphatic carbocycles. The van der Waals surface area contributed by atoms with Crippen LogP contribution in [0.5, 0.6) is 0 Å². The predicted molar refractivity (Wildman–Crippen MR) is 13.4 cm³/mol. The fourth-order valence-electron chi connectivity index (χ4n) is 0. The Morgan fingerprint density at radius 2 is 1.12 bits per heavy atom. The molecule has 8 heteroatoms. The summed E-state index contributed by atoms with van der Waals surface area (Å²) in [6.45, 7) is 0. The van der Waals surface area contributed by atoms with Crippen LogP contribution < -0.4 is 44.2 Å². The molecule has 8 heavy (non-hydrogen) atoms. The molecule has 0 amide bonds. The molecule has 1 radical (unpaired) electrons. The minimum atomic E-state index is -5.39.